The van der Waals surface area contributed by atoms with Crippen LogP contribution in [0, 0.1) is 11.3 Å². The van der Waals surface area contributed by atoms with Gasteiger partial charge in [0.25, 0.3) is 0 Å². The van der Waals surface area contributed by atoms with E-state index in [2.05, 4.69) is 9.36 Å². The van der Waals surface area contributed by atoms with Crippen molar-refractivity contribution in [1.82, 2.24) is 9.36 Å². The van der Waals surface area contributed by atoms with E-state index < -0.39 is 5.60 Å². The van der Waals surface area contributed by atoms with Gasteiger partial charge in [0.05, 0.1) is 25.6 Å². The molecule has 0 aromatic carbocycles. The third-order valence-electron chi connectivity index (χ3n) is 2.60. The van der Waals surface area contributed by atoms with Gasteiger partial charge in [-0.15, -0.1) is 0 Å². The smallest absolute Gasteiger partial charge is 0.205 e. The van der Waals surface area contributed by atoms with Crippen LogP contribution in [0.25, 0.3) is 0 Å². The molecule has 6 heteroatoms. The van der Waals surface area contributed by atoms with Crippen LogP contribution in [0.15, 0.2) is 0 Å². The largest absolute Gasteiger partial charge is 0.385 e. The van der Waals surface area contributed by atoms with Gasteiger partial charge < -0.3 is 10.0 Å². The molecule has 2 heterocycles. The van der Waals surface area contributed by atoms with Gasteiger partial charge in [-0.05, 0) is 0 Å². The van der Waals surface area contributed by atoms with Crippen molar-refractivity contribution in [3.8, 4) is 6.07 Å². The zero-order valence-electron chi connectivity index (χ0n) is 9.34. The number of nitriles is 1. The van der Waals surface area contributed by atoms with Crippen molar-refractivity contribution in [2.75, 3.05) is 18.0 Å². The molecule has 0 aliphatic carbocycles. The average molecular weight is 238 g/mol. The van der Waals surface area contributed by atoms with Crippen molar-refractivity contribution in [3.63, 3.8) is 0 Å². The molecule has 2 rings (SSSR count). The van der Waals surface area contributed by atoms with Crippen LogP contribution in [-0.4, -0.2) is 33.2 Å². The van der Waals surface area contributed by atoms with E-state index >= 15 is 0 Å². The molecule has 1 aromatic heterocycles. The minimum Gasteiger partial charge on any atom is -0.385 e. The van der Waals surface area contributed by atoms with Crippen molar-refractivity contribution in [3.05, 3.63) is 5.82 Å². The summed E-state index contributed by atoms with van der Waals surface area (Å²) in [6.45, 7) is 5.06. The number of aromatic nitrogens is 2. The van der Waals surface area contributed by atoms with Gasteiger partial charge in [0.2, 0.25) is 5.13 Å². The minimum atomic E-state index is -0.849. The Labute approximate surface area is 98.5 Å². The molecule has 1 aromatic rings. The van der Waals surface area contributed by atoms with Crippen molar-refractivity contribution < 1.29 is 5.11 Å². The lowest BCUT2D eigenvalue weighted by Crippen LogP contribution is -2.61. The molecule has 1 N–H and O–H groups in total. The maximum Gasteiger partial charge on any atom is 0.205 e. The second-order valence-corrected chi connectivity index (χ2v) is 5.24. The standard InChI is InChI=1S/C10H14N4OS/c1-7(2)8-12-9(16-13-8)14-5-10(15,6-14)3-4-11/h7,15H,3,5-6H2,1-2H3. The highest BCUT2D eigenvalue weighted by molar-refractivity contribution is 7.09. The highest BCUT2D eigenvalue weighted by Gasteiger charge is 2.42. The average Bonchev–Trinajstić information content (AvgIpc) is 2.62. The second kappa shape index (κ2) is 4.00. The zero-order valence-corrected chi connectivity index (χ0v) is 10.2. The summed E-state index contributed by atoms with van der Waals surface area (Å²) in [5, 5.41) is 19.2. The summed E-state index contributed by atoms with van der Waals surface area (Å²) >= 11 is 1.35. The van der Waals surface area contributed by atoms with Crippen LogP contribution in [0.3, 0.4) is 0 Å². The minimum absolute atomic E-state index is 0.180. The fourth-order valence-electron chi connectivity index (χ4n) is 1.65. The Kier molecular flexibility index (Phi) is 2.82. The van der Waals surface area contributed by atoms with E-state index in [0.717, 1.165) is 11.0 Å². The predicted molar refractivity (Wildman–Crippen MR) is 61.4 cm³/mol. The normalized spacial score (nSPS) is 18.3. The van der Waals surface area contributed by atoms with Gasteiger partial charge in [-0.3, -0.25) is 0 Å². The molecular formula is C10H14N4OS. The summed E-state index contributed by atoms with van der Waals surface area (Å²) < 4.78 is 4.25. The van der Waals surface area contributed by atoms with Crippen LogP contribution in [0.4, 0.5) is 5.13 Å². The maximum atomic E-state index is 9.85. The monoisotopic (exact) mass is 238 g/mol. The van der Waals surface area contributed by atoms with Gasteiger partial charge in [-0.25, -0.2) is 4.98 Å². The van der Waals surface area contributed by atoms with E-state index in [0.29, 0.717) is 19.0 Å². The zero-order chi connectivity index (χ0) is 11.8. The molecule has 0 spiro atoms. The van der Waals surface area contributed by atoms with Crippen molar-refractivity contribution in [2.45, 2.75) is 31.8 Å². The highest BCUT2D eigenvalue weighted by Crippen LogP contribution is 2.31. The molecule has 1 aliphatic rings. The second-order valence-electron chi connectivity index (χ2n) is 4.51. The molecule has 0 radical (unpaired) electrons. The third kappa shape index (κ3) is 2.01. The van der Waals surface area contributed by atoms with Crippen molar-refractivity contribution >= 4 is 16.7 Å². The Hall–Kier alpha value is -1.19. The van der Waals surface area contributed by atoms with E-state index in [1.54, 1.807) is 0 Å². The van der Waals surface area contributed by atoms with Gasteiger partial charge in [0.15, 0.2) is 0 Å². The quantitative estimate of drug-likeness (QED) is 0.854. The SMILES string of the molecule is CC(C)c1nsc(N2CC(O)(CC#N)C2)n1. The molecule has 1 fully saturated rings. The molecule has 0 atom stereocenters. The summed E-state index contributed by atoms with van der Waals surface area (Å²) in [5.41, 5.74) is -0.849. The number of hydrogen-bond acceptors (Lipinski definition) is 6. The fourth-order valence-corrected chi connectivity index (χ4v) is 2.45. The first-order valence-electron chi connectivity index (χ1n) is 5.22. The molecule has 5 nitrogen and oxygen atoms in total. The van der Waals surface area contributed by atoms with Crippen LogP contribution in [0.5, 0.6) is 0 Å². The Morgan fingerprint density at radius 1 is 1.62 bits per heavy atom. The molecule has 0 saturated carbocycles. The maximum absolute atomic E-state index is 9.85. The van der Waals surface area contributed by atoms with Crippen LogP contribution >= 0.6 is 11.5 Å². The first-order valence-corrected chi connectivity index (χ1v) is 5.99. The number of nitrogens with zero attached hydrogens (tertiary/aromatic N) is 4. The number of β-amino-alcohol motifs (C(OH)–C–C–N with tert-alkyl or cyclic N) is 1. The van der Waals surface area contributed by atoms with E-state index in [9.17, 15) is 5.11 Å². The Bertz CT molecular complexity index is 417. The Morgan fingerprint density at radius 3 is 2.81 bits per heavy atom. The van der Waals surface area contributed by atoms with Gasteiger partial charge in [0.1, 0.15) is 11.4 Å². The Balaban J connectivity index is 1.99. The molecule has 1 saturated heterocycles. The molecule has 0 bridgehead atoms. The van der Waals surface area contributed by atoms with E-state index in [1.165, 1.54) is 11.5 Å². The fraction of sp³-hybridized carbons (Fsp3) is 0.700. The number of aliphatic hydroxyl groups is 1. The van der Waals surface area contributed by atoms with Crippen LogP contribution < -0.4 is 4.90 Å². The summed E-state index contributed by atoms with van der Waals surface area (Å²) in [4.78, 5) is 6.36. The van der Waals surface area contributed by atoms with Gasteiger partial charge in [-0.1, -0.05) is 13.8 Å². The van der Waals surface area contributed by atoms with Gasteiger partial charge in [0, 0.05) is 17.5 Å². The lowest BCUT2D eigenvalue weighted by Gasteiger charge is -2.44. The predicted octanol–water partition coefficient (Wildman–Crippen LogP) is 1.13. The lowest BCUT2D eigenvalue weighted by atomic mass is 9.92. The molecule has 86 valence electrons. The number of hydrogen-bond donors (Lipinski definition) is 1. The van der Waals surface area contributed by atoms with Gasteiger partial charge >= 0.3 is 0 Å². The third-order valence-corrected chi connectivity index (χ3v) is 3.39. The summed E-state index contributed by atoms with van der Waals surface area (Å²) in [7, 11) is 0. The summed E-state index contributed by atoms with van der Waals surface area (Å²) in [6, 6.07) is 2.00. The van der Waals surface area contributed by atoms with Crippen molar-refractivity contribution in [1.29, 1.82) is 5.26 Å². The molecule has 16 heavy (non-hydrogen) atoms. The van der Waals surface area contributed by atoms with Crippen LogP contribution in [0.2, 0.25) is 0 Å². The molecular weight excluding hydrogens is 224 g/mol. The van der Waals surface area contributed by atoms with Crippen LogP contribution in [0.1, 0.15) is 32.0 Å². The summed E-state index contributed by atoms with van der Waals surface area (Å²) in [6.07, 6.45) is 0.180. The summed E-state index contributed by atoms with van der Waals surface area (Å²) in [5.74, 6) is 1.17. The first kappa shape index (κ1) is 11.3. The molecule has 0 unspecified atom stereocenters. The number of rotatable bonds is 3. The highest BCUT2D eigenvalue weighted by atomic mass is 32.1. The van der Waals surface area contributed by atoms with Gasteiger partial charge in [-0.2, -0.15) is 9.64 Å². The lowest BCUT2D eigenvalue weighted by molar-refractivity contribution is 0.0166. The van der Waals surface area contributed by atoms with Crippen molar-refractivity contribution in [2.24, 2.45) is 0 Å². The topological polar surface area (TPSA) is 73.0 Å². The molecule has 0 amide bonds. The van der Waals surface area contributed by atoms with E-state index in [1.807, 2.05) is 24.8 Å². The Morgan fingerprint density at radius 2 is 2.31 bits per heavy atom. The molecule has 1 aliphatic heterocycles. The number of anilines is 1. The van der Waals surface area contributed by atoms with E-state index in [-0.39, 0.29) is 6.42 Å². The van der Waals surface area contributed by atoms with E-state index in [4.69, 9.17) is 5.26 Å². The first-order chi connectivity index (χ1) is 7.54. The van der Waals surface area contributed by atoms with Crippen LogP contribution in [-0.2, 0) is 0 Å².